The zero-order valence-corrected chi connectivity index (χ0v) is 11.3. The molecule has 2 rings (SSSR count). The minimum atomic E-state index is -0.951. The second-order valence-corrected chi connectivity index (χ2v) is 4.46. The van der Waals surface area contributed by atoms with E-state index in [2.05, 4.69) is 10.2 Å². The van der Waals surface area contributed by atoms with Crippen LogP contribution in [0.1, 0.15) is 10.4 Å². The van der Waals surface area contributed by atoms with Crippen molar-refractivity contribution in [3.05, 3.63) is 54.1 Å². The summed E-state index contributed by atoms with van der Waals surface area (Å²) in [5.41, 5.74) is 2.69. The first-order valence-corrected chi connectivity index (χ1v) is 6.09. The third-order valence-corrected chi connectivity index (χ3v) is 2.76. The average Bonchev–Trinajstić information content (AvgIpc) is 2.46. The van der Waals surface area contributed by atoms with Crippen molar-refractivity contribution >= 4 is 52.6 Å². The monoisotopic (exact) mass is 293 g/mol. The Labute approximate surface area is 145 Å². The fourth-order valence-corrected chi connectivity index (χ4v) is 1.60. The van der Waals surface area contributed by atoms with Crippen molar-refractivity contribution in [1.82, 2.24) is 0 Å². The Morgan fingerprint density at radius 3 is 1.71 bits per heavy atom. The fourth-order valence-electron chi connectivity index (χ4n) is 1.60. The van der Waals surface area contributed by atoms with Gasteiger partial charge in [-0.25, -0.2) is 4.79 Å². The average molecular weight is 293 g/mol. The van der Waals surface area contributed by atoms with E-state index in [1.807, 2.05) is 43.3 Å². The molecule has 0 bridgehead atoms. The summed E-state index contributed by atoms with van der Waals surface area (Å²) in [5.74, 6) is -0.951. The van der Waals surface area contributed by atoms with Gasteiger partial charge in [-0.1, -0.05) is 0 Å². The molecular weight excluding hydrogens is 277 g/mol. The van der Waals surface area contributed by atoms with Gasteiger partial charge in [0.2, 0.25) is 0 Å². The molecule has 0 atom stereocenters. The van der Waals surface area contributed by atoms with Crippen molar-refractivity contribution in [2.24, 2.45) is 10.2 Å². The number of benzene rings is 2. The van der Waals surface area contributed by atoms with E-state index < -0.39 is 5.97 Å². The first-order chi connectivity index (χ1) is 9.56. The number of hydrogen-bond acceptors (Lipinski definition) is 4. The number of carboxylic acid groups (broad SMARTS) is 1. The molecule has 0 aliphatic rings. The number of anilines is 1. The van der Waals surface area contributed by atoms with E-state index in [1.54, 1.807) is 12.1 Å². The predicted octanol–water partition coefficient (Wildman–Crippen LogP) is 3.22. The molecule has 2 aromatic carbocycles. The standard InChI is InChI=1S/C15H15N3O2.Na.H/c1-18(2)14-9-7-13(8-10-14)17-16-12-5-3-11(4-6-12)15(19)20;;/h3-10H,1-2H3,(H,19,20);;. The van der Waals surface area contributed by atoms with Crippen LogP contribution in [0, 0.1) is 0 Å². The molecule has 1 N–H and O–H groups in total. The maximum absolute atomic E-state index is 10.7. The molecule has 6 heteroatoms. The van der Waals surface area contributed by atoms with Gasteiger partial charge in [-0.2, -0.15) is 10.2 Å². The van der Waals surface area contributed by atoms with Crippen molar-refractivity contribution in [3.8, 4) is 0 Å². The van der Waals surface area contributed by atoms with E-state index in [0.717, 1.165) is 11.4 Å². The quantitative estimate of drug-likeness (QED) is 0.695. The molecule has 0 saturated heterocycles. The first kappa shape index (κ1) is 17.4. The molecule has 104 valence electrons. The van der Waals surface area contributed by atoms with Crippen molar-refractivity contribution in [1.29, 1.82) is 0 Å². The summed E-state index contributed by atoms with van der Waals surface area (Å²) >= 11 is 0. The minimum absolute atomic E-state index is 0. The Morgan fingerprint density at radius 1 is 0.905 bits per heavy atom. The molecular formula is C15H16N3NaO2. The Balaban J connectivity index is 0.00000220. The van der Waals surface area contributed by atoms with Gasteiger partial charge in [-0.3, -0.25) is 0 Å². The van der Waals surface area contributed by atoms with Crippen LogP contribution in [0.5, 0.6) is 0 Å². The summed E-state index contributed by atoms with van der Waals surface area (Å²) in [6, 6.07) is 13.9. The van der Waals surface area contributed by atoms with Gasteiger partial charge in [-0.05, 0) is 48.5 Å². The first-order valence-electron chi connectivity index (χ1n) is 6.09. The van der Waals surface area contributed by atoms with E-state index in [4.69, 9.17) is 5.11 Å². The number of hydrogen-bond donors (Lipinski definition) is 1. The number of nitrogens with zero attached hydrogens (tertiary/aromatic N) is 3. The molecule has 0 saturated carbocycles. The van der Waals surface area contributed by atoms with E-state index >= 15 is 0 Å². The van der Waals surface area contributed by atoms with Crippen LogP contribution < -0.4 is 4.90 Å². The van der Waals surface area contributed by atoms with Gasteiger partial charge in [0.1, 0.15) is 0 Å². The van der Waals surface area contributed by atoms with Crippen molar-refractivity contribution in [2.75, 3.05) is 19.0 Å². The van der Waals surface area contributed by atoms with Crippen molar-refractivity contribution in [3.63, 3.8) is 0 Å². The molecule has 0 amide bonds. The molecule has 21 heavy (non-hydrogen) atoms. The molecule has 0 radical (unpaired) electrons. The van der Waals surface area contributed by atoms with Gasteiger partial charge in [0.15, 0.2) is 0 Å². The zero-order valence-electron chi connectivity index (χ0n) is 11.3. The molecule has 0 fully saturated rings. The molecule has 2 aromatic rings. The third-order valence-electron chi connectivity index (χ3n) is 2.76. The Kier molecular flexibility index (Phi) is 6.55. The van der Waals surface area contributed by atoms with Crippen LogP contribution in [0.25, 0.3) is 0 Å². The summed E-state index contributed by atoms with van der Waals surface area (Å²) in [6.07, 6.45) is 0. The van der Waals surface area contributed by atoms with Gasteiger partial charge in [0.25, 0.3) is 0 Å². The topological polar surface area (TPSA) is 65.3 Å². The Morgan fingerprint density at radius 2 is 1.33 bits per heavy atom. The number of carbonyl (C=O) groups is 1. The van der Waals surface area contributed by atoms with Crippen LogP contribution in [0.4, 0.5) is 17.1 Å². The Bertz CT molecular complexity index is 622. The Hall–Kier alpha value is -1.69. The summed E-state index contributed by atoms with van der Waals surface area (Å²) < 4.78 is 0. The number of aromatic carboxylic acids is 1. The van der Waals surface area contributed by atoms with Crippen molar-refractivity contribution < 1.29 is 9.90 Å². The predicted molar refractivity (Wildman–Crippen MR) is 85.5 cm³/mol. The summed E-state index contributed by atoms with van der Waals surface area (Å²) in [5, 5.41) is 17.0. The number of azo groups is 1. The van der Waals surface area contributed by atoms with Crippen LogP contribution in [-0.2, 0) is 0 Å². The molecule has 0 aliphatic carbocycles. The van der Waals surface area contributed by atoms with Crippen LogP contribution >= 0.6 is 0 Å². The van der Waals surface area contributed by atoms with Gasteiger partial charge < -0.3 is 10.0 Å². The molecule has 5 nitrogen and oxygen atoms in total. The molecule has 0 heterocycles. The molecule has 0 aromatic heterocycles. The zero-order chi connectivity index (χ0) is 14.5. The van der Waals surface area contributed by atoms with Crippen LogP contribution in [0.15, 0.2) is 58.8 Å². The number of rotatable bonds is 4. The van der Waals surface area contributed by atoms with Gasteiger partial charge in [0.05, 0.1) is 16.9 Å². The van der Waals surface area contributed by atoms with Crippen molar-refractivity contribution in [2.45, 2.75) is 0 Å². The second-order valence-electron chi connectivity index (χ2n) is 4.46. The fraction of sp³-hybridized carbons (Fsp3) is 0.133. The third kappa shape index (κ3) is 4.97. The summed E-state index contributed by atoms with van der Waals surface area (Å²) in [6.45, 7) is 0. The molecule has 0 aliphatic heterocycles. The molecule has 0 unspecified atom stereocenters. The van der Waals surface area contributed by atoms with Crippen LogP contribution in [0.2, 0.25) is 0 Å². The number of carboxylic acids is 1. The van der Waals surface area contributed by atoms with Gasteiger partial charge in [-0.15, -0.1) is 0 Å². The van der Waals surface area contributed by atoms with E-state index in [0.29, 0.717) is 5.69 Å². The molecule has 0 spiro atoms. The second kappa shape index (κ2) is 7.93. The summed E-state index contributed by atoms with van der Waals surface area (Å²) in [7, 11) is 3.95. The van der Waals surface area contributed by atoms with E-state index in [1.165, 1.54) is 12.1 Å². The normalized spacial score (nSPS) is 10.2. The summed E-state index contributed by atoms with van der Waals surface area (Å²) in [4.78, 5) is 12.7. The SMILES string of the molecule is CN(C)c1ccc(N=Nc2ccc(C(=O)O)cc2)cc1.[NaH]. The van der Waals surface area contributed by atoms with E-state index in [9.17, 15) is 4.79 Å². The van der Waals surface area contributed by atoms with Crippen LogP contribution in [0.3, 0.4) is 0 Å². The van der Waals surface area contributed by atoms with Crippen LogP contribution in [-0.4, -0.2) is 54.7 Å². The van der Waals surface area contributed by atoms with E-state index in [-0.39, 0.29) is 35.1 Å². The maximum atomic E-state index is 10.7. The van der Waals surface area contributed by atoms with Gasteiger partial charge in [0, 0.05) is 19.8 Å². The van der Waals surface area contributed by atoms with Gasteiger partial charge >= 0.3 is 35.5 Å².